The van der Waals surface area contributed by atoms with Crippen LogP contribution in [0.5, 0.6) is 5.75 Å². The van der Waals surface area contributed by atoms with E-state index in [-0.39, 0.29) is 18.2 Å². The van der Waals surface area contributed by atoms with Gasteiger partial charge < -0.3 is 14.5 Å². The summed E-state index contributed by atoms with van der Waals surface area (Å²) in [5.74, 6) is 1.27. The predicted molar refractivity (Wildman–Crippen MR) is 128 cm³/mol. The van der Waals surface area contributed by atoms with Crippen LogP contribution in [0.15, 0.2) is 95.5 Å². The summed E-state index contributed by atoms with van der Waals surface area (Å²) in [5, 5.41) is 9.66. The first kappa shape index (κ1) is 20.8. The van der Waals surface area contributed by atoms with Crippen LogP contribution in [0.1, 0.15) is 21.9 Å². The van der Waals surface area contributed by atoms with E-state index in [4.69, 9.17) is 20.8 Å². The van der Waals surface area contributed by atoms with Crippen LogP contribution in [0.3, 0.4) is 0 Å². The van der Waals surface area contributed by atoms with Gasteiger partial charge in [0, 0.05) is 6.20 Å². The number of carbonyl (C=O) groups is 1. The van der Waals surface area contributed by atoms with Crippen LogP contribution in [0.2, 0.25) is 5.02 Å². The number of aromatic nitrogens is 2. The van der Waals surface area contributed by atoms with Crippen LogP contribution in [-0.2, 0) is 13.2 Å². The molecule has 0 saturated carbocycles. The average Bonchev–Trinajstić information content (AvgIpc) is 3.45. The van der Waals surface area contributed by atoms with Crippen molar-refractivity contribution >= 4 is 34.1 Å². The minimum Gasteiger partial charge on any atom is -0.486 e. The van der Waals surface area contributed by atoms with Crippen LogP contribution < -0.4 is 10.1 Å². The number of hydrogen-bond acceptors (Lipinski definition) is 4. The molecule has 7 heteroatoms. The van der Waals surface area contributed by atoms with E-state index in [2.05, 4.69) is 10.4 Å². The minimum absolute atomic E-state index is 0.154. The van der Waals surface area contributed by atoms with Crippen LogP contribution in [-0.4, -0.2) is 15.7 Å². The topological polar surface area (TPSA) is 69.3 Å². The zero-order valence-electron chi connectivity index (χ0n) is 17.6. The number of anilines is 1. The molecule has 0 spiro atoms. The summed E-state index contributed by atoms with van der Waals surface area (Å²) in [4.78, 5) is 12.6. The molecule has 164 valence electrons. The summed E-state index contributed by atoms with van der Waals surface area (Å²) in [5.41, 5.74) is 1.08. The number of rotatable bonds is 7. The molecule has 0 radical (unpaired) electrons. The van der Waals surface area contributed by atoms with Gasteiger partial charge in [0.15, 0.2) is 11.6 Å². The van der Waals surface area contributed by atoms with Gasteiger partial charge in [0.2, 0.25) is 0 Å². The third kappa shape index (κ3) is 4.91. The lowest BCUT2D eigenvalue weighted by Crippen LogP contribution is -2.12. The Kier molecular flexibility index (Phi) is 5.83. The van der Waals surface area contributed by atoms with Crippen LogP contribution in [0.25, 0.3) is 10.8 Å². The molecular weight excluding hydrogens is 438 g/mol. The van der Waals surface area contributed by atoms with E-state index in [9.17, 15) is 4.79 Å². The molecule has 0 aliphatic rings. The van der Waals surface area contributed by atoms with Gasteiger partial charge in [-0.3, -0.25) is 9.48 Å². The van der Waals surface area contributed by atoms with Gasteiger partial charge in [-0.25, -0.2) is 0 Å². The minimum atomic E-state index is -0.432. The Bertz CT molecular complexity index is 1410. The fourth-order valence-corrected chi connectivity index (χ4v) is 3.69. The van der Waals surface area contributed by atoms with Gasteiger partial charge in [0.05, 0.1) is 6.54 Å². The molecule has 0 fully saturated rings. The summed E-state index contributed by atoms with van der Waals surface area (Å²) in [6.07, 6.45) is 1.68. The average molecular weight is 458 g/mol. The third-order valence-corrected chi connectivity index (χ3v) is 5.40. The SMILES string of the molecule is O=C(Nc1nn(Cc2ccccc2)cc1Cl)c1ccc(COc2ccc3ccccc3c2)o1. The fourth-order valence-electron chi connectivity index (χ4n) is 3.49. The Balaban J connectivity index is 1.21. The van der Waals surface area contributed by atoms with Gasteiger partial charge in [0.25, 0.3) is 5.91 Å². The lowest BCUT2D eigenvalue weighted by atomic mass is 10.1. The van der Waals surface area contributed by atoms with E-state index in [0.29, 0.717) is 17.3 Å². The van der Waals surface area contributed by atoms with E-state index in [0.717, 1.165) is 22.1 Å². The highest BCUT2D eigenvalue weighted by Crippen LogP contribution is 2.23. The van der Waals surface area contributed by atoms with Gasteiger partial charge in [0.1, 0.15) is 23.1 Å². The number of fused-ring (bicyclic) bond motifs is 1. The van der Waals surface area contributed by atoms with Gasteiger partial charge in [-0.05, 0) is 40.6 Å². The van der Waals surface area contributed by atoms with E-state index in [1.165, 1.54) is 0 Å². The fraction of sp³-hybridized carbons (Fsp3) is 0.0769. The quantitative estimate of drug-likeness (QED) is 0.317. The summed E-state index contributed by atoms with van der Waals surface area (Å²) >= 11 is 6.26. The monoisotopic (exact) mass is 457 g/mol. The highest BCUT2D eigenvalue weighted by atomic mass is 35.5. The Morgan fingerprint density at radius 1 is 0.970 bits per heavy atom. The van der Waals surface area contributed by atoms with Gasteiger partial charge in [-0.15, -0.1) is 0 Å². The third-order valence-electron chi connectivity index (χ3n) is 5.12. The number of hydrogen-bond donors (Lipinski definition) is 1. The number of carbonyl (C=O) groups excluding carboxylic acids is 1. The molecule has 2 heterocycles. The number of benzene rings is 3. The Hall–Kier alpha value is -4.03. The second-order valence-electron chi connectivity index (χ2n) is 7.53. The molecule has 1 N–H and O–H groups in total. The number of nitrogens with zero attached hydrogens (tertiary/aromatic N) is 2. The molecule has 0 saturated heterocycles. The number of furan rings is 1. The van der Waals surface area contributed by atoms with Gasteiger partial charge in [-0.1, -0.05) is 72.3 Å². The van der Waals surface area contributed by atoms with Gasteiger partial charge >= 0.3 is 0 Å². The molecule has 33 heavy (non-hydrogen) atoms. The Morgan fingerprint density at radius 2 is 1.76 bits per heavy atom. The first-order chi connectivity index (χ1) is 16.1. The zero-order valence-corrected chi connectivity index (χ0v) is 18.3. The predicted octanol–water partition coefficient (Wildman–Crippen LogP) is 6.16. The second kappa shape index (κ2) is 9.22. The molecular formula is C26H20ClN3O3. The molecule has 0 unspecified atom stereocenters. The molecule has 1 amide bonds. The van der Waals surface area contributed by atoms with Crippen molar-refractivity contribution in [2.24, 2.45) is 0 Å². The first-order valence-electron chi connectivity index (χ1n) is 10.4. The zero-order chi connectivity index (χ0) is 22.6. The lowest BCUT2D eigenvalue weighted by Gasteiger charge is -2.06. The smallest absolute Gasteiger partial charge is 0.292 e. The molecule has 0 aliphatic carbocycles. The highest BCUT2D eigenvalue weighted by Gasteiger charge is 2.16. The second-order valence-corrected chi connectivity index (χ2v) is 7.93. The van der Waals surface area contributed by atoms with Crippen LogP contribution >= 0.6 is 11.6 Å². The number of amides is 1. The van der Waals surface area contributed by atoms with E-state index in [1.54, 1.807) is 23.0 Å². The lowest BCUT2D eigenvalue weighted by molar-refractivity contribution is 0.0992. The maximum atomic E-state index is 12.6. The summed E-state index contributed by atoms with van der Waals surface area (Å²) in [6, 6.07) is 27.1. The van der Waals surface area contributed by atoms with E-state index in [1.807, 2.05) is 72.8 Å². The number of nitrogens with one attached hydrogen (secondary N) is 1. The number of ether oxygens (including phenoxy) is 1. The van der Waals surface area contributed by atoms with E-state index >= 15 is 0 Å². The van der Waals surface area contributed by atoms with Crippen molar-refractivity contribution in [1.82, 2.24) is 9.78 Å². The summed E-state index contributed by atoms with van der Waals surface area (Å²) in [7, 11) is 0. The van der Waals surface area contributed by atoms with Crippen molar-refractivity contribution in [1.29, 1.82) is 0 Å². The molecule has 6 nitrogen and oxygen atoms in total. The van der Waals surface area contributed by atoms with Crippen molar-refractivity contribution in [3.05, 3.63) is 113 Å². The van der Waals surface area contributed by atoms with Crippen LogP contribution in [0, 0.1) is 0 Å². The summed E-state index contributed by atoms with van der Waals surface area (Å²) < 4.78 is 13.2. The molecule has 5 rings (SSSR count). The molecule has 0 atom stereocenters. The molecule has 5 aromatic rings. The van der Waals surface area contributed by atoms with Crippen molar-refractivity contribution in [3.8, 4) is 5.75 Å². The van der Waals surface area contributed by atoms with Gasteiger partial charge in [-0.2, -0.15) is 5.10 Å². The maximum Gasteiger partial charge on any atom is 0.292 e. The first-order valence-corrected chi connectivity index (χ1v) is 10.8. The van der Waals surface area contributed by atoms with E-state index < -0.39 is 5.91 Å². The largest absolute Gasteiger partial charge is 0.486 e. The molecule has 0 aliphatic heterocycles. The molecule has 2 aromatic heterocycles. The molecule has 3 aromatic carbocycles. The summed E-state index contributed by atoms with van der Waals surface area (Å²) in [6.45, 7) is 0.755. The maximum absolute atomic E-state index is 12.6. The highest BCUT2D eigenvalue weighted by molar-refractivity contribution is 6.33. The van der Waals surface area contributed by atoms with Crippen molar-refractivity contribution in [2.75, 3.05) is 5.32 Å². The standard InChI is InChI=1S/C26H20ClN3O3/c27-23-16-30(15-18-6-2-1-3-7-18)29-25(23)28-26(31)24-13-12-22(33-24)17-32-21-11-10-19-8-4-5-9-20(19)14-21/h1-14,16H,15,17H2,(H,28,29,31). The number of halogens is 1. The van der Waals surface area contributed by atoms with Crippen molar-refractivity contribution < 1.29 is 13.9 Å². The normalized spacial score (nSPS) is 10.9. The van der Waals surface area contributed by atoms with Crippen molar-refractivity contribution in [2.45, 2.75) is 13.2 Å². The van der Waals surface area contributed by atoms with Crippen LogP contribution in [0.4, 0.5) is 5.82 Å². The Morgan fingerprint density at radius 3 is 2.61 bits per heavy atom. The Labute approximate surface area is 195 Å². The molecule has 0 bridgehead atoms. The van der Waals surface area contributed by atoms with Crippen molar-refractivity contribution in [3.63, 3.8) is 0 Å².